The van der Waals surface area contributed by atoms with Crippen molar-refractivity contribution in [3.05, 3.63) is 0 Å². The summed E-state index contributed by atoms with van der Waals surface area (Å²) in [6.07, 6.45) is 3.00. The van der Waals surface area contributed by atoms with Gasteiger partial charge in [0.15, 0.2) is 0 Å². The molecule has 0 spiro atoms. The molecule has 4 bridgehead atoms. The second kappa shape index (κ2) is 3.73. The summed E-state index contributed by atoms with van der Waals surface area (Å²) >= 11 is 0. The minimum atomic E-state index is 0.519. The van der Waals surface area contributed by atoms with Crippen molar-refractivity contribution in [2.45, 2.75) is 68.2 Å². The van der Waals surface area contributed by atoms with E-state index in [4.69, 9.17) is 0 Å². The van der Waals surface area contributed by atoms with Crippen LogP contribution in [-0.2, 0) is 0 Å². The standard InChI is InChI=1S/C21H36/c1-11-12(2)18-15-9-16-14(4)20(7,17(11)13(15)3)10-19(5,6)21(16,18)8/h11-18H,9-10H2,1-8H3. The molecule has 0 aromatic rings. The van der Waals surface area contributed by atoms with Crippen LogP contribution in [0.2, 0.25) is 0 Å². The summed E-state index contributed by atoms with van der Waals surface area (Å²) < 4.78 is 0. The van der Waals surface area contributed by atoms with Crippen LogP contribution in [0.15, 0.2) is 0 Å². The van der Waals surface area contributed by atoms with Crippen molar-refractivity contribution in [1.29, 1.82) is 0 Å². The Hall–Kier alpha value is 0. The van der Waals surface area contributed by atoms with Gasteiger partial charge in [0.1, 0.15) is 0 Å². The lowest BCUT2D eigenvalue weighted by Gasteiger charge is -2.70. The zero-order chi connectivity index (χ0) is 15.5. The molecule has 0 aliphatic heterocycles. The molecular weight excluding hydrogens is 252 g/mol. The fourth-order valence-electron chi connectivity index (χ4n) is 9.32. The van der Waals surface area contributed by atoms with Crippen LogP contribution in [0.3, 0.4) is 0 Å². The quantitative estimate of drug-likeness (QED) is 0.523. The lowest BCUT2D eigenvalue weighted by atomic mass is 9.34. The molecule has 21 heavy (non-hydrogen) atoms. The molecule has 0 aromatic heterocycles. The largest absolute Gasteiger partial charge is 0.0619 e. The van der Waals surface area contributed by atoms with Gasteiger partial charge in [0.25, 0.3) is 0 Å². The molecule has 0 aromatic carbocycles. The maximum Gasteiger partial charge on any atom is -0.0210 e. The Kier molecular flexibility index (Phi) is 2.59. The van der Waals surface area contributed by atoms with Crippen LogP contribution >= 0.6 is 0 Å². The number of rotatable bonds is 0. The molecule has 4 rings (SSSR count). The van der Waals surface area contributed by atoms with Crippen molar-refractivity contribution in [2.75, 3.05) is 0 Å². The molecule has 0 amide bonds. The third kappa shape index (κ3) is 1.29. The first kappa shape index (κ1) is 14.6. The van der Waals surface area contributed by atoms with Crippen molar-refractivity contribution in [1.82, 2.24) is 0 Å². The molecule has 10 unspecified atom stereocenters. The van der Waals surface area contributed by atoms with Crippen LogP contribution in [0.1, 0.15) is 68.2 Å². The van der Waals surface area contributed by atoms with Gasteiger partial charge in [-0.2, -0.15) is 0 Å². The van der Waals surface area contributed by atoms with Crippen molar-refractivity contribution < 1.29 is 0 Å². The summed E-state index contributed by atoms with van der Waals surface area (Å²) in [5.41, 5.74) is 1.66. The predicted molar refractivity (Wildman–Crippen MR) is 89.8 cm³/mol. The SMILES string of the molecule is CC1C(C)C2C3CC4C(C)C(C)(CC(C)(C)C42C)C1C3C. The Morgan fingerprint density at radius 1 is 0.762 bits per heavy atom. The highest BCUT2D eigenvalue weighted by Gasteiger charge is 2.74. The van der Waals surface area contributed by atoms with Gasteiger partial charge < -0.3 is 0 Å². The Morgan fingerprint density at radius 3 is 1.95 bits per heavy atom. The third-order valence-corrected chi connectivity index (χ3v) is 10.3. The summed E-state index contributed by atoms with van der Waals surface area (Å²) in [7, 11) is 0. The van der Waals surface area contributed by atoms with E-state index < -0.39 is 0 Å². The van der Waals surface area contributed by atoms with Gasteiger partial charge >= 0.3 is 0 Å². The normalized spacial score (nSPS) is 67.4. The van der Waals surface area contributed by atoms with E-state index >= 15 is 0 Å². The minimum Gasteiger partial charge on any atom is -0.0619 e. The molecule has 4 fully saturated rings. The van der Waals surface area contributed by atoms with Gasteiger partial charge in [-0.05, 0) is 76.4 Å². The van der Waals surface area contributed by atoms with Gasteiger partial charge in [-0.1, -0.05) is 55.4 Å². The van der Waals surface area contributed by atoms with Crippen molar-refractivity contribution >= 4 is 0 Å². The van der Waals surface area contributed by atoms with Gasteiger partial charge in [-0.25, -0.2) is 0 Å². The second-order valence-corrected chi connectivity index (χ2v) is 10.8. The first-order chi connectivity index (χ1) is 9.57. The van der Waals surface area contributed by atoms with E-state index in [1.54, 1.807) is 0 Å². The Morgan fingerprint density at radius 2 is 1.33 bits per heavy atom. The maximum absolute atomic E-state index is 2.71. The molecule has 0 heterocycles. The Balaban J connectivity index is 2.02. The number of hydrogen-bond donors (Lipinski definition) is 0. The molecule has 0 saturated heterocycles. The van der Waals surface area contributed by atoms with Gasteiger partial charge in [0.05, 0.1) is 0 Å². The zero-order valence-corrected chi connectivity index (χ0v) is 15.5. The van der Waals surface area contributed by atoms with Crippen molar-refractivity contribution in [3.63, 3.8) is 0 Å². The van der Waals surface area contributed by atoms with Gasteiger partial charge in [-0.3, -0.25) is 0 Å². The van der Waals surface area contributed by atoms with E-state index in [9.17, 15) is 0 Å². The van der Waals surface area contributed by atoms with E-state index in [2.05, 4.69) is 55.4 Å². The average molecular weight is 289 g/mol. The van der Waals surface area contributed by atoms with Crippen molar-refractivity contribution in [2.24, 2.45) is 63.6 Å². The van der Waals surface area contributed by atoms with Gasteiger partial charge in [0.2, 0.25) is 0 Å². The maximum atomic E-state index is 2.71. The Bertz CT molecular complexity index is 476. The number of hydrogen-bond acceptors (Lipinski definition) is 0. The third-order valence-electron chi connectivity index (χ3n) is 10.3. The second-order valence-electron chi connectivity index (χ2n) is 10.8. The monoisotopic (exact) mass is 288 g/mol. The first-order valence-electron chi connectivity index (χ1n) is 9.57. The molecule has 0 N–H and O–H groups in total. The smallest absolute Gasteiger partial charge is 0.0210 e. The molecule has 4 aliphatic carbocycles. The predicted octanol–water partition coefficient (Wildman–Crippen LogP) is 5.87. The molecule has 120 valence electrons. The lowest BCUT2D eigenvalue weighted by Crippen LogP contribution is -2.65. The van der Waals surface area contributed by atoms with Crippen LogP contribution in [0.5, 0.6) is 0 Å². The summed E-state index contributed by atoms with van der Waals surface area (Å²) in [5, 5.41) is 0. The molecular formula is C21H36. The fraction of sp³-hybridized carbons (Fsp3) is 1.00. The highest BCUT2D eigenvalue weighted by atomic mass is 14.8. The highest BCUT2D eigenvalue weighted by molar-refractivity contribution is 5.22. The topological polar surface area (TPSA) is 0 Å². The highest BCUT2D eigenvalue weighted by Crippen LogP contribution is 2.80. The molecule has 4 saturated carbocycles. The number of fused-ring (bicyclic) bond motifs is 4. The van der Waals surface area contributed by atoms with Crippen LogP contribution in [0, 0.1) is 63.6 Å². The molecule has 0 radical (unpaired) electrons. The van der Waals surface area contributed by atoms with Crippen LogP contribution in [-0.4, -0.2) is 0 Å². The van der Waals surface area contributed by atoms with Gasteiger partial charge in [0, 0.05) is 0 Å². The van der Waals surface area contributed by atoms with Crippen LogP contribution in [0.4, 0.5) is 0 Å². The van der Waals surface area contributed by atoms with Crippen molar-refractivity contribution in [3.8, 4) is 0 Å². The van der Waals surface area contributed by atoms with E-state index in [1.807, 2.05) is 0 Å². The molecule has 4 aliphatic rings. The summed E-state index contributed by atoms with van der Waals surface area (Å²) in [6.45, 7) is 21.1. The summed E-state index contributed by atoms with van der Waals surface area (Å²) in [5.74, 6) is 7.65. The van der Waals surface area contributed by atoms with E-state index in [1.165, 1.54) is 12.8 Å². The first-order valence-corrected chi connectivity index (χ1v) is 9.57. The fourth-order valence-corrected chi connectivity index (χ4v) is 9.32. The van der Waals surface area contributed by atoms with E-state index in [0.29, 0.717) is 16.2 Å². The lowest BCUT2D eigenvalue weighted by molar-refractivity contribution is -0.227. The molecule has 10 atom stereocenters. The zero-order valence-electron chi connectivity index (χ0n) is 15.5. The van der Waals surface area contributed by atoms with E-state index in [0.717, 1.165) is 47.3 Å². The van der Waals surface area contributed by atoms with Crippen LogP contribution in [0.25, 0.3) is 0 Å². The molecule has 0 nitrogen and oxygen atoms in total. The van der Waals surface area contributed by atoms with Crippen LogP contribution < -0.4 is 0 Å². The summed E-state index contributed by atoms with van der Waals surface area (Å²) in [4.78, 5) is 0. The average Bonchev–Trinajstić information content (AvgIpc) is 2.67. The molecule has 0 heteroatoms. The van der Waals surface area contributed by atoms with Gasteiger partial charge in [-0.15, -0.1) is 0 Å². The Labute approximate surface area is 132 Å². The summed E-state index contributed by atoms with van der Waals surface area (Å²) in [6, 6.07) is 0. The van der Waals surface area contributed by atoms with E-state index in [-0.39, 0.29) is 0 Å². The minimum absolute atomic E-state index is 0.519.